The van der Waals surface area contributed by atoms with Gasteiger partial charge in [-0.05, 0) is 36.6 Å². The normalized spacial score (nSPS) is 11.4. The summed E-state index contributed by atoms with van der Waals surface area (Å²) >= 11 is 0. The van der Waals surface area contributed by atoms with E-state index in [4.69, 9.17) is 9.26 Å². The first-order valence-corrected chi connectivity index (χ1v) is 13.1. The summed E-state index contributed by atoms with van der Waals surface area (Å²) in [7, 11) is 1.67. The molecule has 9 nitrogen and oxygen atoms in total. The van der Waals surface area contributed by atoms with Crippen molar-refractivity contribution in [1.82, 2.24) is 24.3 Å². The first-order valence-electron chi connectivity index (χ1n) is 13.1. The van der Waals surface area contributed by atoms with Crippen LogP contribution in [-0.2, 0) is 23.1 Å². The van der Waals surface area contributed by atoms with E-state index in [2.05, 4.69) is 32.4 Å². The van der Waals surface area contributed by atoms with E-state index in [0.29, 0.717) is 24.4 Å². The van der Waals surface area contributed by atoms with Crippen molar-refractivity contribution in [3.8, 4) is 11.8 Å². The molecular weight excluding hydrogens is 504 g/mol. The minimum absolute atomic E-state index is 0.0344. The summed E-state index contributed by atoms with van der Waals surface area (Å²) in [4.78, 5) is 17.6. The van der Waals surface area contributed by atoms with Crippen molar-refractivity contribution >= 4 is 22.8 Å². The fourth-order valence-corrected chi connectivity index (χ4v) is 4.17. The molecule has 9 heteroatoms. The lowest BCUT2D eigenvalue weighted by atomic mass is 9.93. The second-order valence-electron chi connectivity index (χ2n) is 10.7. The molecule has 1 N–H and O–H groups in total. The molecule has 5 rings (SSSR count). The van der Waals surface area contributed by atoms with Gasteiger partial charge in [-0.15, -0.1) is 0 Å². The zero-order valence-corrected chi connectivity index (χ0v) is 23.4. The van der Waals surface area contributed by atoms with Crippen molar-refractivity contribution in [2.75, 3.05) is 19.0 Å². The Labute approximate surface area is 233 Å². The van der Waals surface area contributed by atoms with Gasteiger partial charge in [-0.1, -0.05) is 44.0 Å². The SMILES string of the molecule is COCCn1cc(Nc2cccn3c(C#Cc4cc(C(=O)Cc5cc(C(C)(C)C)on5)ccc4C)cnc23)cn1. The highest BCUT2D eigenvalue weighted by Gasteiger charge is 2.21. The van der Waals surface area contributed by atoms with E-state index in [0.717, 1.165) is 39.6 Å². The number of imidazole rings is 1. The smallest absolute Gasteiger partial charge is 0.168 e. The van der Waals surface area contributed by atoms with Gasteiger partial charge in [0.05, 0.1) is 49.0 Å². The zero-order valence-electron chi connectivity index (χ0n) is 23.4. The molecule has 0 aliphatic rings. The number of pyridine rings is 1. The van der Waals surface area contributed by atoms with Crippen molar-refractivity contribution in [3.63, 3.8) is 0 Å². The van der Waals surface area contributed by atoms with Gasteiger partial charge in [0, 0.05) is 42.1 Å². The van der Waals surface area contributed by atoms with Gasteiger partial charge >= 0.3 is 0 Å². The Morgan fingerprint density at radius 1 is 1.15 bits per heavy atom. The summed E-state index contributed by atoms with van der Waals surface area (Å²) in [5.41, 5.74) is 6.01. The van der Waals surface area contributed by atoms with Gasteiger partial charge in [-0.3, -0.25) is 13.9 Å². The van der Waals surface area contributed by atoms with Gasteiger partial charge in [0.2, 0.25) is 0 Å². The Morgan fingerprint density at radius 2 is 2.00 bits per heavy atom. The fraction of sp³-hybridized carbons (Fsp3) is 0.290. The number of nitrogens with one attached hydrogen (secondary N) is 1. The summed E-state index contributed by atoms with van der Waals surface area (Å²) in [5.74, 6) is 7.20. The Balaban J connectivity index is 1.35. The third-order valence-electron chi connectivity index (χ3n) is 6.50. The minimum Gasteiger partial charge on any atom is -0.383 e. The van der Waals surface area contributed by atoms with E-state index in [1.165, 1.54) is 0 Å². The lowest BCUT2D eigenvalue weighted by Crippen LogP contribution is -2.09. The molecule has 204 valence electrons. The van der Waals surface area contributed by atoms with Crippen LogP contribution in [0.4, 0.5) is 11.4 Å². The molecule has 40 heavy (non-hydrogen) atoms. The fourth-order valence-electron chi connectivity index (χ4n) is 4.17. The maximum absolute atomic E-state index is 13.0. The van der Waals surface area contributed by atoms with E-state index < -0.39 is 0 Å². The summed E-state index contributed by atoms with van der Waals surface area (Å²) in [6.07, 6.45) is 7.54. The van der Waals surface area contributed by atoms with E-state index in [9.17, 15) is 4.79 Å². The molecule has 0 aliphatic carbocycles. The number of anilines is 2. The molecule has 0 fully saturated rings. The highest BCUT2D eigenvalue weighted by molar-refractivity contribution is 5.97. The number of benzene rings is 1. The molecule has 0 saturated heterocycles. The third kappa shape index (κ3) is 5.98. The van der Waals surface area contributed by atoms with E-state index in [-0.39, 0.29) is 17.6 Å². The number of carbonyl (C=O) groups excluding carboxylic acids is 1. The van der Waals surface area contributed by atoms with Crippen molar-refractivity contribution < 1.29 is 14.1 Å². The quantitative estimate of drug-likeness (QED) is 0.211. The Bertz CT molecular complexity index is 1720. The van der Waals surface area contributed by atoms with E-state index >= 15 is 0 Å². The largest absolute Gasteiger partial charge is 0.383 e. The number of aromatic nitrogens is 5. The van der Waals surface area contributed by atoms with Crippen LogP contribution in [0.25, 0.3) is 5.65 Å². The topological polar surface area (TPSA) is 99.5 Å². The Morgan fingerprint density at radius 3 is 2.77 bits per heavy atom. The van der Waals surface area contributed by atoms with Crippen molar-refractivity contribution in [2.24, 2.45) is 0 Å². The van der Waals surface area contributed by atoms with E-state index in [1.807, 2.05) is 85.6 Å². The van der Waals surface area contributed by atoms with Crippen LogP contribution in [0, 0.1) is 18.8 Å². The van der Waals surface area contributed by atoms with Gasteiger partial charge in [0.25, 0.3) is 0 Å². The monoisotopic (exact) mass is 536 g/mol. The van der Waals surface area contributed by atoms with Gasteiger partial charge in [0.15, 0.2) is 11.4 Å². The van der Waals surface area contributed by atoms with Gasteiger partial charge < -0.3 is 14.6 Å². The standard InChI is InChI=1S/C31H32N6O3/c1-21-8-9-23(28(38)16-24-17-29(40-35-24)31(2,3)4)15-22(21)10-11-26-19-32-30-27(7-6-12-37(26)30)34-25-18-33-36(20-25)13-14-39-5/h6-9,12,15,17-20,34H,13-14,16H2,1-5H3. The lowest BCUT2D eigenvalue weighted by molar-refractivity contribution is 0.0990. The number of hydrogen-bond donors (Lipinski definition) is 1. The molecule has 0 spiro atoms. The molecule has 4 heterocycles. The van der Waals surface area contributed by atoms with Crippen molar-refractivity contribution in [2.45, 2.75) is 46.1 Å². The molecule has 1 aromatic carbocycles. The average molecular weight is 537 g/mol. The molecular formula is C31H32N6O3. The predicted molar refractivity (Wildman–Crippen MR) is 153 cm³/mol. The number of nitrogens with zero attached hydrogens (tertiary/aromatic N) is 5. The molecule has 0 atom stereocenters. The van der Waals surface area contributed by atoms with E-state index in [1.54, 1.807) is 19.5 Å². The van der Waals surface area contributed by atoms with Crippen LogP contribution >= 0.6 is 0 Å². The summed E-state index contributed by atoms with van der Waals surface area (Å²) in [6.45, 7) is 9.39. The van der Waals surface area contributed by atoms with Gasteiger partial charge in [-0.2, -0.15) is 5.10 Å². The second-order valence-corrected chi connectivity index (χ2v) is 10.7. The molecule has 5 aromatic rings. The molecule has 0 amide bonds. The number of ether oxygens (including phenoxy) is 1. The minimum atomic E-state index is -0.164. The number of Topliss-reactive ketones (excluding diaryl/α,β-unsaturated/α-hetero) is 1. The highest BCUT2D eigenvalue weighted by atomic mass is 16.5. The second kappa shape index (κ2) is 11.2. The van der Waals surface area contributed by atoms with Crippen LogP contribution in [0.5, 0.6) is 0 Å². The van der Waals surface area contributed by atoms with Crippen LogP contribution in [0.15, 0.2) is 65.7 Å². The maximum Gasteiger partial charge on any atom is 0.168 e. The first kappa shape index (κ1) is 26.9. The Kier molecular flexibility index (Phi) is 7.54. The molecule has 0 bridgehead atoms. The van der Waals surface area contributed by atoms with Gasteiger partial charge in [0.1, 0.15) is 11.5 Å². The number of methoxy groups -OCH3 is 1. The molecule has 0 aliphatic heterocycles. The summed E-state index contributed by atoms with van der Waals surface area (Å²) in [5, 5.41) is 11.8. The van der Waals surface area contributed by atoms with Crippen LogP contribution in [0.2, 0.25) is 0 Å². The van der Waals surface area contributed by atoms with Crippen molar-refractivity contribution in [3.05, 3.63) is 95.0 Å². The number of aryl methyl sites for hydroxylation is 1. The first-order chi connectivity index (χ1) is 19.2. The molecule has 0 unspecified atom stereocenters. The summed E-state index contributed by atoms with van der Waals surface area (Å²) in [6, 6.07) is 11.4. The number of carbonyl (C=O) groups is 1. The Hall–Kier alpha value is -4.68. The zero-order chi connectivity index (χ0) is 28.3. The maximum atomic E-state index is 13.0. The number of fused-ring (bicyclic) bond motifs is 1. The lowest BCUT2D eigenvalue weighted by Gasteiger charge is -2.12. The van der Waals surface area contributed by atoms with Crippen LogP contribution in [0.3, 0.4) is 0 Å². The van der Waals surface area contributed by atoms with Crippen LogP contribution in [0.1, 0.15) is 59.4 Å². The van der Waals surface area contributed by atoms with Crippen molar-refractivity contribution in [1.29, 1.82) is 0 Å². The number of rotatable bonds is 8. The average Bonchev–Trinajstić information content (AvgIpc) is 3.67. The van der Waals surface area contributed by atoms with Crippen LogP contribution < -0.4 is 5.32 Å². The van der Waals surface area contributed by atoms with Crippen LogP contribution in [-0.4, -0.2) is 43.8 Å². The molecule has 0 radical (unpaired) electrons. The highest BCUT2D eigenvalue weighted by Crippen LogP contribution is 2.24. The summed E-state index contributed by atoms with van der Waals surface area (Å²) < 4.78 is 14.3. The predicted octanol–water partition coefficient (Wildman–Crippen LogP) is 5.34. The number of ketones is 1. The van der Waals surface area contributed by atoms with Gasteiger partial charge in [-0.25, -0.2) is 4.98 Å². The molecule has 4 aromatic heterocycles. The third-order valence-corrected chi connectivity index (χ3v) is 6.50. The number of hydrogen-bond acceptors (Lipinski definition) is 7. The molecule has 0 saturated carbocycles.